The Morgan fingerprint density at radius 2 is 2.28 bits per heavy atom. The van der Waals surface area contributed by atoms with Gasteiger partial charge in [-0.2, -0.15) is 0 Å². The zero-order valence-electron chi connectivity index (χ0n) is 10.8. The molecule has 1 N–H and O–H groups in total. The second-order valence-corrected chi connectivity index (χ2v) is 4.75. The molecule has 0 saturated heterocycles. The van der Waals surface area contributed by atoms with E-state index in [1.165, 1.54) is 26.0 Å². The second kappa shape index (κ2) is 6.55. The number of nitrogens with one attached hydrogen (secondary N) is 1. The highest BCUT2D eigenvalue weighted by Crippen LogP contribution is 2.19. The maximum Gasteiger partial charge on any atom is 0.165 e. The number of allylic oxidation sites excluding steroid dienone is 2. The van der Waals surface area contributed by atoms with Crippen molar-refractivity contribution in [2.45, 2.75) is 25.8 Å². The van der Waals surface area contributed by atoms with E-state index in [0.29, 0.717) is 12.3 Å². The molecule has 3 heteroatoms. The third kappa shape index (κ3) is 3.57. The Hall–Kier alpha value is -1.35. The lowest BCUT2D eigenvalue weighted by Gasteiger charge is -2.18. The molecular weight excluding hydrogens is 229 g/mol. The first-order valence-electron chi connectivity index (χ1n) is 6.47. The summed E-state index contributed by atoms with van der Waals surface area (Å²) in [4.78, 5) is 0. The van der Waals surface area contributed by atoms with E-state index < -0.39 is 0 Å². The molecule has 18 heavy (non-hydrogen) atoms. The first-order valence-corrected chi connectivity index (χ1v) is 6.47. The van der Waals surface area contributed by atoms with Gasteiger partial charge in [0, 0.05) is 6.54 Å². The number of halogens is 1. The van der Waals surface area contributed by atoms with Crippen LogP contribution in [0.2, 0.25) is 0 Å². The van der Waals surface area contributed by atoms with Gasteiger partial charge in [-0.3, -0.25) is 0 Å². The number of benzene rings is 1. The van der Waals surface area contributed by atoms with Crippen molar-refractivity contribution in [3.8, 4) is 5.75 Å². The summed E-state index contributed by atoms with van der Waals surface area (Å²) in [6, 6.07) is 5.11. The Morgan fingerprint density at radius 1 is 1.39 bits per heavy atom. The number of ether oxygens (including phenoxy) is 1. The zero-order valence-corrected chi connectivity index (χ0v) is 10.8. The molecule has 0 fully saturated rings. The van der Waals surface area contributed by atoms with Crippen LogP contribution in [-0.4, -0.2) is 13.7 Å². The lowest BCUT2D eigenvalue weighted by molar-refractivity contribution is 0.385. The summed E-state index contributed by atoms with van der Waals surface area (Å²) in [5.41, 5.74) is 0.958. The number of methoxy groups -OCH3 is 1. The van der Waals surface area contributed by atoms with Gasteiger partial charge in [0.15, 0.2) is 11.6 Å². The van der Waals surface area contributed by atoms with E-state index in [4.69, 9.17) is 4.74 Å². The van der Waals surface area contributed by atoms with Gasteiger partial charge < -0.3 is 10.1 Å². The maximum absolute atomic E-state index is 13.5. The van der Waals surface area contributed by atoms with Crippen molar-refractivity contribution in [1.82, 2.24) is 5.32 Å². The number of hydrogen-bond donors (Lipinski definition) is 1. The molecule has 1 unspecified atom stereocenters. The quantitative estimate of drug-likeness (QED) is 0.809. The summed E-state index contributed by atoms with van der Waals surface area (Å²) in [7, 11) is 1.48. The van der Waals surface area contributed by atoms with Crippen molar-refractivity contribution in [1.29, 1.82) is 0 Å². The van der Waals surface area contributed by atoms with Crippen molar-refractivity contribution in [3.05, 3.63) is 41.7 Å². The minimum absolute atomic E-state index is 0.294. The van der Waals surface area contributed by atoms with Gasteiger partial charge in [0.2, 0.25) is 0 Å². The fraction of sp³-hybridized carbons (Fsp3) is 0.467. The smallest absolute Gasteiger partial charge is 0.165 e. The van der Waals surface area contributed by atoms with Crippen LogP contribution in [0.15, 0.2) is 30.4 Å². The van der Waals surface area contributed by atoms with Crippen LogP contribution in [0.4, 0.5) is 4.39 Å². The Labute approximate surface area is 108 Å². The summed E-state index contributed by atoms with van der Waals surface area (Å²) in [5, 5.41) is 3.39. The molecule has 1 aliphatic carbocycles. The molecule has 0 aromatic heterocycles. The van der Waals surface area contributed by atoms with Gasteiger partial charge in [0.1, 0.15) is 0 Å². The topological polar surface area (TPSA) is 21.3 Å². The molecule has 1 aromatic rings. The van der Waals surface area contributed by atoms with E-state index in [1.54, 1.807) is 6.07 Å². The molecule has 1 aliphatic rings. The van der Waals surface area contributed by atoms with E-state index in [0.717, 1.165) is 24.4 Å². The molecule has 0 heterocycles. The van der Waals surface area contributed by atoms with Crippen LogP contribution < -0.4 is 10.1 Å². The van der Waals surface area contributed by atoms with Gasteiger partial charge in [0.05, 0.1) is 7.11 Å². The predicted octanol–water partition coefficient (Wildman–Crippen LogP) is 3.28. The normalized spacial score (nSPS) is 18.9. The Balaban J connectivity index is 1.79. The van der Waals surface area contributed by atoms with Gasteiger partial charge >= 0.3 is 0 Å². The largest absolute Gasteiger partial charge is 0.494 e. The Bertz CT molecular complexity index is 417. The monoisotopic (exact) mass is 249 g/mol. The highest BCUT2D eigenvalue weighted by atomic mass is 19.1. The van der Waals surface area contributed by atoms with Crippen molar-refractivity contribution in [3.63, 3.8) is 0 Å². The average Bonchev–Trinajstić information content (AvgIpc) is 2.40. The Morgan fingerprint density at radius 3 is 2.94 bits per heavy atom. The minimum Gasteiger partial charge on any atom is -0.494 e. The average molecular weight is 249 g/mol. The Kier molecular flexibility index (Phi) is 4.76. The first kappa shape index (κ1) is 13.1. The molecule has 2 rings (SSSR count). The van der Waals surface area contributed by atoms with Crippen LogP contribution in [0.3, 0.4) is 0 Å². The maximum atomic E-state index is 13.5. The van der Waals surface area contributed by atoms with Gasteiger partial charge in [-0.05, 0) is 49.4 Å². The molecule has 2 nitrogen and oxygen atoms in total. The SMILES string of the molecule is COc1ccc(CNCC2CC=CCC2)cc1F. The molecule has 1 aromatic carbocycles. The standard InChI is InChI=1S/C15H20FNO/c1-18-15-8-7-13(9-14(15)16)11-17-10-12-5-3-2-4-6-12/h2-3,7-9,12,17H,4-6,10-11H2,1H3. The molecule has 1 atom stereocenters. The van der Waals surface area contributed by atoms with E-state index in [9.17, 15) is 4.39 Å². The highest BCUT2D eigenvalue weighted by molar-refractivity contribution is 5.29. The fourth-order valence-electron chi connectivity index (χ4n) is 2.28. The summed E-state index contributed by atoms with van der Waals surface area (Å²) < 4.78 is 18.4. The van der Waals surface area contributed by atoms with Crippen molar-refractivity contribution >= 4 is 0 Å². The third-order valence-corrected chi connectivity index (χ3v) is 3.36. The molecule has 0 aliphatic heterocycles. The molecular formula is C15H20FNO. The van der Waals surface area contributed by atoms with Crippen LogP contribution in [0, 0.1) is 11.7 Å². The lowest BCUT2D eigenvalue weighted by Crippen LogP contribution is -2.23. The summed E-state index contributed by atoms with van der Waals surface area (Å²) in [5.74, 6) is 0.728. The van der Waals surface area contributed by atoms with E-state index in [1.807, 2.05) is 6.07 Å². The van der Waals surface area contributed by atoms with Gasteiger partial charge in [-0.1, -0.05) is 18.2 Å². The summed E-state index contributed by atoms with van der Waals surface area (Å²) >= 11 is 0. The molecule has 0 amide bonds. The van der Waals surface area contributed by atoms with Crippen LogP contribution in [0.1, 0.15) is 24.8 Å². The number of hydrogen-bond acceptors (Lipinski definition) is 2. The van der Waals surface area contributed by atoms with Crippen LogP contribution in [0.5, 0.6) is 5.75 Å². The van der Waals surface area contributed by atoms with Crippen LogP contribution >= 0.6 is 0 Å². The van der Waals surface area contributed by atoms with E-state index in [-0.39, 0.29) is 5.82 Å². The zero-order chi connectivity index (χ0) is 12.8. The van der Waals surface area contributed by atoms with Crippen LogP contribution in [0.25, 0.3) is 0 Å². The van der Waals surface area contributed by atoms with Crippen LogP contribution in [-0.2, 0) is 6.54 Å². The van der Waals surface area contributed by atoms with Crippen molar-refractivity contribution < 1.29 is 9.13 Å². The van der Waals surface area contributed by atoms with Crippen molar-refractivity contribution in [2.75, 3.05) is 13.7 Å². The second-order valence-electron chi connectivity index (χ2n) is 4.75. The minimum atomic E-state index is -0.294. The third-order valence-electron chi connectivity index (χ3n) is 3.36. The first-order chi connectivity index (χ1) is 8.79. The van der Waals surface area contributed by atoms with E-state index >= 15 is 0 Å². The molecule has 0 spiro atoms. The van der Waals surface area contributed by atoms with Gasteiger partial charge in [-0.15, -0.1) is 0 Å². The summed E-state index contributed by atoms with van der Waals surface area (Å²) in [6.45, 7) is 1.71. The number of rotatable bonds is 5. The highest BCUT2D eigenvalue weighted by Gasteiger charge is 2.09. The predicted molar refractivity (Wildman–Crippen MR) is 71.1 cm³/mol. The molecule has 0 saturated carbocycles. The van der Waals surface area contributed by atoms with Gasteiger partial charge in [-0.25, -0.2) is 4.39 Å². The van der Waals surface area contributed by atoms with Crippen molar-refractivity contribution in [2.24, 2.45) is 5.92 Å². The molecule has 0 radical (unpaired) electrons. The fourth-order valence-corrected chi connectivity index (χ4v) is 2.28. The molecule has 98 valence electrons. The molecule has 0 bridgehead atoms. The van der Waals surface area contributed by atoms with E-state index in [2.05, 4.69) is 17.5 Å². The lowest BCUT2D eigenvalue weighted by atomic mass is 9.94. The van der Waals surface area contributed by atoms with Gasteiger partial charge in [0.25, 0.3) is 0 Å². The summed E-state index contributed by atoms with van der Waals surface area (Å²) in [6.07, 6.45) is 8.09.